The van der Waals surface area contributed by atoms with E-state index in [0.29, 0.717) is 11.6 Å². The van der Waals surface area contributed by atoms with Gasteiger partial charge in [0.2, 0.25) is 5.91 Å². The second-order valence-corrected chi connectivity index (χ2v) is 6.10. The molecule has 1 amide bonds. The van der Waals surface area contributed by atoms with Crippen LogP contribution in [0.25, 0.3) is 16.9 Å². The van der Waals surface area contributed by atoms with Crippen molar-refractivity contribution < 1.29 is 4.79 Å². The Balaban J connectivity index is 2.06. The third kappa shape index (κ3) is 3.49. The van der Waals surface area contributed by atoms with Crippen LogP contribution in [0.2, 0.25) is 5.02 Å². The predicted molar refractivity (Wildman–Crippen MR) is 96.2 cm³/mol. The molecule has 122 valence electrons. The minimum Gasteiger partial charge on any atom is -0.342 e. The smallest absolute Gasteiger partial charge is 0.219 e. The second-order valence-electron chi connectivity index (χ2n) is 5.67. The van der Waals surface area contributed by atoms with Crippen LogP contribution < -0.4 is 0 Å². The first kappa shape index (κ1) is 16.3. The van der Waals surface area contributed by atoms with Gasteiger partial charge in [-0.2, -0.15) is 5.10 Å². The molecule has 0 saturated heterocycles. The van der Waals surface area contributed by atoms with Gasteiger partial charge in [-0.1, -0.05) is 41.9 Å². The van der Waals surface area contributed by atoms with Crippen molar-refractivity contribution in [1.29, 1.82) is 0 Å². The first-order chi connectivity index (χ1) is 11.5. The van der Waals surface area contributed by atoms with Gasteiger partial charge >= 0.3 is 0 Å². The molecule has 2 aromatic carbocycles. The third-order valence-corrected chi connectivity index (χ3v) is 4.13. The van der Waals surface area contributed by atoms with E-state index >= 15 is 0 Å². The maximum Gasteiger partial charge on any atom is 0.219 e. The molecule has 4 nitrogen and oxygen atoms in total. The summed E-state index contributed by atoms with van der Waals surface area (Å²) >= 11 is 5.99. The van der Waals surface area contributed by atoms with Gasteiger partial charge in [-0.3, -0.25) is 4.79 Å². The summed E-state index contributed by atoms with van der Waals surface area (Å²) in [5.74, 6) is 0.0181. The first-order valence-corrected chi connectivity index (χ1v) is 8.04. The van der Waals surface area contributed by atoms with Crippen LogP contribution in [0.5, 0.6) is 0 Å². The lowest BCUT2D eigenvalue weighted by Crippen LogP contribution is -2.23. The van der Waals surface area contributed by atoms with Crippen LogP contribution in [-0.4, -0.2) is 27.6 Å². The molecule has 0 N–H and O–H groups in total. The third-order valence-electron chi connectivity index (χ3n) is 3.87. The zero-order valence-corrected chi connectivity index (χ0v) is 14.4. The molecule has 0 atom stereocenters. The molecule has 0 aliphatic carbocycles. The minimum atomic E-state index is 0.0181. The molecule has 0 saturated carbocycles. The fourth-order valence-electron chi connectivity index (χ4n) is 2.46. The van der Waals surface area contributed by atoms with Crippen LogP contribution in [0.4, 0.5) is 0 Å². The Hall–Kier alpha value is -2.59. The minimum absolute atomic E-state index is 0.0181. The topological polar surface area (TPSA) is 38.1 Å². The number of amides is 1. The zero-order valence-electron chi connectivity index (χ0n) is 13.6. The van der Waals surface area contributed by atoms with Crippen LogP contribution in [0, 0.1) is 0 Å². The highest BCUT2D eigenvalue weighted by molar-refractivity contribution is 6.30. The number of carbonyl (C=O) groups is 1. The summed E-state index contributed by atoms with van der Waals surface area (Å²) in [5.41, 5.74) is 3.79. The average Bonchev–Trinajstić information content (AvgIpc) is 3.00. The van der Waals surface area contributed by atoms with E-state index in [1.165, 1.54) is 0 Å². The van der Waals surface area contributed by atoms with Crippen molar-refractivity contribution in [3.63, 3.8) is 0 Å². The van der Waals surface area contributed by atoms with E-state index in [1.54, 1.807) is 18.9 Å². The highest BCUT2D eigenvalue weighted by Crippen LogP contribution is 2.26. The van der Waals surface area contributed by atoms with E-state index in [1.807, 2.05) is 65.5 Å². The molecule has 5 heteroatoms. The van der Waals surface area contributed by atoms with Crippen LogP contribution in [0.15, 0.2) is 60.8 Å². The molecule has 0 spiro atoms. The van der Waals surface area contributed by atoms with Crippen molar-refractivity contribution in [3.05, 3.63) is 71.4 Å². The molecule has 24 heavy (non-hydrogen) atoms. The van der Waals surface area contributed by atoms with Gasteiger partial charge in [0.1, 0.15) is 0 Å². The van der Waals surface area contributed by atoms with Gasteiger partial charge in [0, 0.05) is 42.9 Å². The monoisotopic (exact) mass is 339 g/mol. The van der Waals surface area contributed by atoms with Gasteiger partial charge in [0.25, 0.3) is 0 Å². The molecule has 0 aliphatic heterocycles. The van der Waals surface area contributed by atoms with Gasteiger partial charge in [-0.15, -0.1) is 0 Å². The van der Waals surface area contributed by atoms with E-state index in [2.05, 4.69) is 0 Å². The Morgan fingerprint density at radius 3 is 2.42 bits per heavy atom. The first-order valence-electron chi connectivity index (χ1n) is 7.66. The summed E-state index contributed by atoms with van der Waals surface area (Å²) < 4.78 is 1.84. The number of aromatic nitrogens is 2. The fourth-order valence-corrected chi connectivity index (χ4v) is 2.58. The lowest BCUT2D eigenvalue weighted by molar-refractivity contribution is -0.128. The maximum absolute atomic E-state index is 11.6. The normalized spacial score (nSPS) is 10.6. The predicted octanol–water partition coefficient (Wildman–Crippen LogP) is 4.17. The number of hydrogen-bond donors (Lipinski definition) is 0. The van der Waals surface area contributed by atoms with E-state index in [9.17, 15) is 4.79 Å². The molecule has 3 rings (SSSR count). The number of hydrogen-bond acceptors (Lipinski definition) is 2. The number of rotatable bonds is 4. The van der Waals surface area contributed by atoms with Crippen molar-refractivity contribution in [2.24, 2.45) is 0 Å². The van der Waals surface area contributed by atoms with Gasteiger partial charge in [0.05, 0.1) is 11.4 Å². The maximum atomic E-state index is 11.6. The Morgan fingerprint density at radius 2 is 1.79 bits per heavy atom. The largest absolute Gasteiger partial charge is 0.342 e. The van der Waals surface area contributed by atoms with E-state index in [-0.39, 0.29) is 5.91 Å². The Bertz CT molecular complexity index is 841. The highest BCUT2D eigenvalue weighted by Gasteiger charge is 2.15. The summed E-state index contributed by atoms with van der Waals surface area (Å²) in [6.45, 7) is 2.06. The van der Waals surface area contributed by atoms with Crippen LogP contribution in [0.1, 0.15) is 12.5 Å². The summed E-state index contributed by atoms with van der Waals surface area (Å²) in [6, 6.07) is 17.5. The molecule has 1 heterocycles. The molecule has 0 aliphatic rings. The van der Waals surface area contributed by atoms with Crippen LogP contribution >= 0.6 is 11.6 Å². The lowest BCUT2D eigenvalue weighted by Gasteiger charge is -2.14. The zero-order chi connectivity index (χ0) is 17.1. The van der Waals surface area contributed by atoms with E-state index in [4.69, 9.17) is 16.7 Å². The molecule has 1 aromatic heterocycles. The van der Waals surface area contributed by atoms with Crippen molar-refractivity contribution in [1.82, 2.24) is 14.7 Å². The van der Waals surface area contributed by atoms with Crippen molar-refractivity contribution >= 4 is 17.5 Å². The lowest BCUT2D eigenvalue weighted by atomic mass is 10.1. The number of halogens is 1. The molecule has 0 bridgehead atoms. The highest BCUT2D eigenvalue weighted by atomic mass is 35.5. The SMILES string of the molecule is CC(=O)N(C)Cc1cn(-c2ccccc2)nc1-c1ccc(Cl)cc1. The molecule has 3 aromatic rings. The van der Waals surface area contributed by atoms with Gasteiger partial charge in [-0.25, -0.2) is 4.68 Å². The quantitative estimate of drug-likeness (QED) is 0.715. The average molecular weight is 340 g/mol. The van der Waals surface area contributed by atoms with E-state index in [0.717, 1.165) is 22.5 Å². The molecular formula is C19H18ClN3O. The summed E-state index contributed by atoms with van der Waals surface area (Å²) in [7, 11) is 1.79. The van der Waals surface area contributed by atoms with Crippen LogP contribution in [0.3, 0.4) is 0 Å². The Kier molecular flexibility index (Phi) is 4.67. The fraction of sp³-hybridized carbons (Fsp3) is 0.158. The van der Waals surface area contributed by atoms with E-state index < -0.39 is 0 Å². The molecular weight excluding hydrogens is 322 g/mol. The standard InChI is InChI=1S/C19H18ClN3O/c1-14(24)22(2)12-16-13-23(18-6-4-3-5-7-18)21-19(16)15-8-10-17(20)11-9-15/h3-11,13H,12H2,1-2H3. The summed E-state index contributed by atoms with van der Waals surface area (Å²) in [6.07, 6.45) is 1.97. The van der Waals surface area contributed by atoms with Crippen LogP contribution in [-0.2, 0) is 11.3 Å². The Labute approximate surface area is 146 Å². The summed E-state index contributed by atoms with van der Waals surface area (Å²) in [4.78, 5) is 13.3. The van der Waals surface area contributed by atoms with Crippen molar-refractivity contribution in [2.45, 2.75) is 13.5 Å². The Morgan fingerprint density at radius 1 is 1.12 bits per heavy atom. The van der Waals surface area contributed by atoms with Crippen molar-refractivity contribution in [3.8, 4) is 16.9 Å². The molecule has 0 fully saturated rings. The number of para-hydroxylation sites is 1. The van der Waals surface area contributed by atoms with Gasteiger partial charge < -0.3 is 4.90 Å². The van der Waals surface area contributed by atoms with Gasteiger partial charge in [0.15, 0.2) is 0 Å². The number of carbonyl (C=O) groups excluding carboxylic acids is 1. The molecule has 0 radical (unpaired) electrons. The van der Waals surface area contributed by atoms with Crippen molar-refractivity contribution in [2.75, 3.05) is 7.05 Å². The van der Waals surface area contributed by atoms with Gasteiger partial charge in [-0.05, 0) is 24.3 Å². The summed E-state index contributed by atoms with van der Waals surface area (Å²) in [5, 5.41) is 5.41. The molecule has 0 unspecified atom stereocenters. The number of benzene rings is 2. The number of nitrogens with zero attached hydrogens (tertiary/aromatic N) is 3. The second kappa shape index (κ2) is 6.89.